The Morgan fingerprint density at radius 2 is 1.97 bits per heavy atom. The van der Waals surface area contributed by atoms with E-state index in [1.807, 2.05) is 17.9 Å². The molecule has 4 heterocycles. The fourth-order valence-corrected chi connectivity index (χ4v) is 5.62. The predicted octanol–water partition coefficient (Wildman–Crippen LogP) is 5.56. The van der Waals surface area contributed by atoms with Crippen LogP contribution in [0.2, 0.25) is 5.02 Å². The number of aromatic nitrogens is 3. The van der Waals surface area contributed by atoms with Gasteiger partial charge in [0.25, 0.3) is 0 Å². The maximum Gasteiger partial charge on any atom is 0.410 e. The standard InChI is InChI=1S/C25H25ClN6O2/c1-25(7-8-25)34-24(33)32-16-3-4-17(32)12-18(11-16)31-9-6-19-22(28-14-29-23(19)31)30-21-5-2-15(13-27)10-20(21)26/h2,5-6,9-10,14,16-18H,3-4,7-8,11-12H2,1H3,(H,28,29,30)/t16-,17?,18?/m0/s1. The maximum absolute atomic E-state index is 12.8. The van der Waals surface area contributed by atoms with E-state index in [1.54, 1.807) is 24.5 Å². The Morgan fingerprint density at radius 1 is 1.21 bits per heavy atom. The molecule has 2 unspecified atom stereocenters. The fourth-order valence-electron chi connectivity index (χ4n) is 5.39. The smallest absolute Gasteiger partial charge is 0.410 e. The molecule has 2 bridgehead atoms. The molecular formula is C25H25ClN6O2. The summed E-state index contributed by atoms with van der Waals surface area (Å²) in [5.74, 6) is 0.664. The van der Waals surface area contributed by atoms with Crippen LogP contribution in [0.15, 0.2) is 36.8 Å². The summed E-state index contributed by atoms with van der Waals surface area (Å²) in [5, 5.41) is 13.7. The van der Waals surface area contributed by atoms with Gasteiger partial charge in [-0.1, -0.05) is 11.6 Å². The first-order valence-corrected chi connectivity index (χ1v) is 12.1. The van der Waals surface area contributed by atoms with Gasteiger partial charge in [0, 0.05) is 24.3 Å². The van der Waals surface area contributed by atoms with Crippen molar-refractivity contribution in [1.29, 1.82) is 5.26 Å². The molecule has 2 aliphatic heterocycles. The maximum atomic E-state index is 12.8. The minimum atomic E-state index is -0.248. The summed E-state index contributed by atoms with van der Waals surface area (Å²) in [7, 11) is 0. The number of piperidine rings is 1. The number of nitrogens with one attached hydrogen (secondary N) is 1. The SMILES string of the molecule is CC1(OC(=O)N2C3CC[C@H]2CC(n2ccc4c(Nc5ccc(C#N)cc5Cl)ncnc42)C3)CC1. The molecule has 174 valence electrons. The number of hydrogen-bond acceptors (Lipinski definition) is 6. The molecule has 0 radical (unpaired) electrons. The van der Waals surface area contributed by atoms with E-state index in [9.17, 15) is 4.79 Å². The number of carbonyl (C=O) groups excluding carboxylic acids is 1. The third-order valence-electron chi connectivity index (χ3n) is 7.46. The lowest BCUT2D eigenvalue weighted by atomic mass is 9.97. The van der Waals surface area contributed by atoms with Crippen LogP contribution < -0.4 is 5.32 Å². The summed E-state index contributed by atoms with van der Waals surface area (Å²) in [5.41, 5.74) is 1.80. The fraction of sp³-hybridized carbons (Fsp3) is 0.440. The molecule has 9 heteroatoms. The first kappa shape index (κ1) is 21.2. The van der Waals surface area contributed by atoms with E-state index < -0.39 is 0 Å². The van der Waals surface area contributed by atoms with Gasteiger partial charge in [-0.3, -0.25) is 0 Å². The highest BCUT2D eigenvalue weighted by atomic mass is 35.5. The first-order valence-electron chi connectivity index (χ1n) is 11.7. The normalized spacial score (nSPS) is 24.6. The first-order chi connectivity index (χ1) is 16.4. The molecule has 2 saturated heterocycles. The highest BCUT2D eigenvalue weighted by Gasteiger charge is 2.48. The molecule has 0 spiro atoms. The van der Waals surface area contributed by atoms with Crippen LogP contribution in [0.5, 0.6) is 0 Å². The second-order valence-electron chi connectivity index (χ2n) is 9.85. The zero-order valence-electron chi connectivity index (χ0n) is 18.9. The van der Waals surface area contributed by atoms with Gasteiger partial charge in [-0.15, -0.1) is 0 Å². The van der Waals surface area contributed by atoms with E-state index in [4.69, 9.17) is 21.6 Å². The minimum Gasteiger partial charge on any atom is -0.443 e. The van der Waals surface area contributed by atoms with Gasteiger partial charge in [0.15, 0.2) is 0 Å². The van der Waals surface area contributed by atoms with Crippen LogP contribution >= 0.6 is 11.6 Å². The van der Waals surface area contributed by atoms with Crippen LogP contribution in [0.25, 0.3) is 11.0 Å². The quantitative estimate of drug-likeness (QED) is 0.529. The van der Waals surface area contributed by atoms with Crippen molar-refractivity contribution in [1.82, 2.24) is 19.4 Å². The minimum absolute atomic E-state index is 0.142. The number of hydrogen-bond donors (Lipinski definition) is 1. The van der Waals surface area contributed by atoms with Crippen molar-refractivity contribution in [2.45, 2.75) is 69.2 Å². The van der Waals surface area contributed by atoms with Crippen LogP contribution in [-0.4, -0.2) is 43.2 Å². The molecular weight excluding hydrogens is 452 g/mol. The van der Waals surface area contributed by atoms with Crippen molar-refractivity contribution >= 4 is 40.2 Å². The highest BCUT2D eigenvalue weighted by Crippen LogP contribution is 2.45. The molecule has 3 atom stereocenters. The lowest BCUT2D eigenvalue weighted by Crippen LogP contribution is -2.48. The highest BCUT2D eigenvalue weighted by molar-refractivity contribution is 6.33. The largest absolute Gasteiger partial charge is 0.443 e. The van der Waals surface area contributed by atoms with Crippen LogP contribution in [-0.2, 0) is 4.74 Å². The van der Waals surface area contributed by atoms with Crippen molar-refractivity contribution in [2.24, 2.45) is 0 Å². The molecule has 2 aromatic heterocycles. The Kier molecular flexibility index (Phi) is 4.92. The molecule has 34 heavy (non-hydrogen) atoms. The summed E-state index contributed by atoms with van der Waals surface area (Å²) in [4.78, 5) is 23.9. The van der Waals surface area contributed by atoms with Crippen molar-refractivity contribution in [3.63, 3.8) is 0 Å². The zero-order chi connectivity index (χ0) is 23.4. The topological polar surface area (TPSA) is 96.1 Å². The van der Waals surface area contributed by atoms with Gasteiger partial charge in [-0.05, 0) is 69.7 Å². The Labute approximate surface area is 202 Å². The number of anilines is 2. The molecule has 1 saturated carbocycles. The summed E-state index contributed by atoms with van der Waals surface area (Å²) in [6, 6.07) is 9.90. The molecule has 1 aromatic carbocycles. The zero-order valence-corrected chi connectivity index (χ0v) is 19.6. The van der Waals surface area contributed by atoms with Crippen molar-refractivity contribution in [3.8, 4) is 6.07 Å². The second-order valence-corrected chi connectivity index (χ2v) is 10.3. The van der Waals surface area contributed by atoms with Crippen LogP contribution in [0.1, 0.15) is 57.1 Å². The van der Waals surface area contributed by atoms with Gasteiger partial charge in [-0.2, -0.15) is 5.26 Å². The number of ether oxygens (including phenoxy) is 1. The van der Waals surface area contributed by atoms with E-state index in [0.29, 0.717) is 22.1 Å². The number of amides is 1. The van der Waals surface area contributed by atoms with Gasteiger partial charge in [0.05, 0.1) is 27.7 Å². The number of rotatable bonds is 4. The Balaban J connectivity index is 1.24. The average molecular weight is 477 g/mol. The molecule has 6 rings (SSSR count). The Bertz CT molecular complexity index is 1310. The summed E-state index contributed by atoms with van der Waals surface area (Å²) in [6.07, 6.45) is 9.21. The number of benzene rings is 1. The van der Waals surface area contributed by atoms with E-state index in [-0.39, 0.29) is 29.8 Å². The van der Waals surface area contributed by atoms with E-state index in [0.717, 1.165) is 49.6 Å². The number of halogens is 1. The van der Waals surface area contributed by atoms with Gasteiger partial charge in [0.2, 0.25) is 0 Å². The third kappa shape index (κ3) is 3.64. The monoisotopic (exact) mass is 476 g/mol. The van der Waals surface area contributed by atoms with E-state index in [2.05, 4.69) is 32.1 Å². The number of fused-ring (bicyclic) bond motifs is 3. The van der Waals surface area contributed by atoms with Crippen molar-refractivity contribution in [3.05, 3.63) is 47.4 Å². The van der Waals surface area contributed by atoms with Crippen LogP contribution in [0.3, 0.4) is 0 Å². The number of nitrogens with zero attached hydrogens (tertiary/aromatic N) is 5. The van der Waals surface area contributed by atoms with Crippen LogP contribution in [0.4, 0.5) is 16.3 Å². The molecule has 1 N–H and O–H groups in total. The van der Waals surface area contributed by atoms with E-state index in [1.165, 1.54) is 0 Å². The molecule has 3 aromatic rings. The van der Waals surface area contributed by atoms with Gasteiger partial charge in [0.1, 0.15) is 23.4 Å². The van der Waals surface area contributed by atoms with E-state index >= 15 is 0 Å². The van der Waals surface area contributed by atoms with Crippen molar-refractivity contribution < 1.29 is 9.53 Å². The van der Waals surface area contributed by atoms with Crippen LogP contribution in [0, 0.1) is 11.3 Å². The predicted molar refractivity (Wildman–Crippen MR) is 128 cm³/mol. The molecule has 3 fully saturated rings. The molecule has 1 aliphatic carbocycles. The number of carbonyl (C=O) groups is 1. The molecule has 8 nitrogen and oxygen atoms in total. The summed E-state index contributed by atoms with van der Waals surface area (Å²) < 4.78 is 8.01. The summed E-state index contributed by atoms with van der Waals surface area (Å²) >= 11 is 6.35. The van der Waals surface area contributed by atoms with Gasteiger partial charge < -0.3 is 19.5 Å². The van der Waals surface area contributed by atoms with Gasteiger partial charge in [-0.25, -0.2) is 14.8 Å². The Hall–Kier alpha value is -3.31. The second kappa shape index (κ2) is 7.88. The lowest BCUT2D eigenvalue weighted by Gasteiger charge is -2.39. The molecule has 3 aliphatic rings. The third-order valence-corrected chi connectivity index (χ3v) is 7.77. The lowest BCUT2D eigenvalue weighted by molar-refractivity contribution is 0.0285. The summed E-state index contributed by atoms with van der Waals surface area (Å²) in [6.45, 7) is 2.02. The molecule has 1 amide bonds. The van der Waals surface area contributed by atoms with Gasteiger partial charge >= 0.3 is 6.09 Å². The Morgan fingerprint density at radius 3 is 2.65 bits per heavy atom. The van der Waals surface area contributed by atoms with Crippen molar-refractivity contribution in [2.75, 3.05) is 5.32 Å². The average Bonchev–Trinajstić information content (AvgIpc) is 3.27. The number of nitriles is 1.